The molecule has 0 spiro atoms. The standard InChI is InChI=1S/C6H10.C2H5NO2.C2H4/c1-4-6(3)5-2;3-1-2(4)5;1-2/h4-5H,1H2,2-3H3;1,3H2,(H,4,5);1-2H2/b6-5-;;. The van der Waals surface area contributed by atoms with Crippen molar-refractivity contribution >= 4 is 5.97 Å². The van der Waals surface area contributed by atoms with Crippen LogP contribution in [0.25, 0.3) is 0 Å². The second-order valence-corrected chi connectivity index (χ2v) is 1.83. The highest BCUT2D eigenvalue weighted by atomic mass is 16.4. The number of hydrogen-bond donors (Lipinski definition) is 2. The predicted molar refractivity (Wildman–Crippen MR) is 57.6 cm³/mol. The molecule has 0 saturated heterocycles. The van der Waals surface area contributed by atoms with Gasteiger partial charge in [0.25, 0.3) is 0 Å². The number of allylic oxidation sites excluding steroid dienone is 3. The Morgan fingerprint density at radius 3 is 1.85 bits per heavy atom. The zero-order valence-electron chi connectivity index (χ0n) is 8.42. The van der Waals surface area contributed by atoms with E-state index in [1.54, 1.807) is 0 Å². The number of carbonyl (C=O) groups is 1. The number of hydrogen-bond acceptors (Lipinski definition) is 2. The van der Waals surface area contributed by atoms with Crippen LogP contribution in [0.15, 0.2) is 37.5 Å². The molecule has 0 unspecified atom stereocenters. The molecule has 0 atom stereocenters. The third-order valence-electron chi connectivity index (χ3n) is 0.952. The van der Waals surface area contributed by atoms with Crippen molar-refractivity contribution in [2.45, 2.75) is 13.8 Å². The van der Waals surface area contributed by atoms with Crippen molar-refractivity contribution in [2.24, 2.45) is 5.73 Å². The predicted octanol–water partition coefficient (Wildman–Crippen LogP) is 1.97. The van der Waals surface area contributed by atoms with Crippen molar-refractivity contribution in [3.05, 3.63) is 37.5 Å². The van der Waals surface area contributed by atoms with Crippen molar-refractivity contribution in [2.75, 3.05) is 6.54 Å². The van der Waals surface area contributed by atoms with Crippen molar-refractivity contribution < 1.29 is 9.90 Å². The Morgan fingerprint density at radius 1 is 1.54 bits per heavy atom. The molecule has 0 heterocycles. The minimum Gasteiger partial charge on any atom is -0.480 e. The fourth-order valence-electron chi connectivity index (χ4n) is 0.118. The third-order valence-corrected chi connectivity index (χ3v) is 0.952. The fraction of sp³-hybridized carbons (Fsp3) is 0.300. The lowest BCUT2D eigenvalue weighted by molar-refractivity contribution is -0.135. The van der Waals surface area contributed by atoms with Gasteiger partial charge in [-0.3, -0.25) is 4.79 Å². The number of carboxylic acids is 1. The summed E-state index contributed by atoms with van der Waals surface area (Å²) in [5.41, 5.74) is 5.80. The molecule has 0 fully saturated rings. The van der Waals surface area contributed by atoms with E-state index in [0.29, 0.717) is 0 Å². The lowest BCUT2D eigenvalue weighted by atomic mass is 10.3. The Morgan fingerprint density at radius 2 is 1.85 bits per heavy atom. The lowest BCUT2D eigenvalue weighted by Crippen LogP contribution is -2.10. The van der Waals surface area contributed by atoms with Gasteiger partial charge in [-0.25, -0.2) is 0 Å². The van der Waals surface area contributed by atoms with E-state index in [1.165, 1.54) is 5.57 Å². The minimum atomic E-state index is -0.968. The summed E-state index contributed by atoms with van der Waals surface area (Å²) in [7, 11) is 0. The van der Waals surface area contributed by atoms with Crippen LogP contribution in [-0.4, -0.2) is 17.6 Å². The van der Waals surface area contributed by atoms with Gasteiger partial charge in [0, 0.05) is 0 Å². The van der Waals surface area contributed by atoms with Crippen LogP contribution in [-0.2, 0) is 4.79 Å². The molecule has 0 aromatic rings. The summed E-state index contributed by atoms with van der Waals surface area (Å²) in [6.45, 7) is 13.3. The van der Waals surface area contributed by atoms with Crippen molar-refractivity contribution in [1.29, 1.82) is 0 Å². The van der Waals surface area contributed by atoms with Crippen LogP contribution in [0.2, 0.25) is 0 Å². The third kappa shape index (κ3) is 36.9. The first kappa shape index (κ1) is 17.7. The number of rotatable bonds is 2. The van der Waals surface area contributed by atoms with Crippen molar-refractivity contribution in [1.82, 2.24) is 0 Å². The maximum Gasteiger partial charge on any atom is 0.317 e. The van der Waals surface area contributed by atoms with Gasteiger partial charge in [0.2, 0.25) is 0 Å². The summed E-state index contributed by atoms with van der Waals surface area (Å²) in [6, 6.07) is 0. The van der Waals surface area contributed by atoms with E-state index in [1.807, 2.05) is 26.0 Å². The molecule has 3 heteroatoms. The van der Waals surface area contributed by atoms with Crippen LogP contribution in [0.1, 0.15) is 13.8 Å². The topological polar surface area (TPSA) is 63.3 Å². The average Bonchev–Trinajstić information content (AvgIpc) is 2.20. The normalized spacial score (nSPS) is 8.38. The molecule has 0 aliphatic rings. The number of carboxylic acid groups (broad SMARTS) is 1. The van der Waals surface area contributed by atoms with E-state index >= 15 is 0 Å². The van der Waals surface area contributed by atoms with E-state index < -0.39 is 5.97 Å². The highest BCUT2D eigenvalue weighted by Crippen LogP contribution is 1.88. The van der Waals surface area contributed by atoms with E-state index in [-0.39, 0.29) is 6.54 Å². The minimum absolute atomic E-state index is 0.278. The Bertz CT molecular complexity index is 162. The molecule has 0 aromatic carbocycles. The van der Waals surface area contributed by atoms with Gasteiger partial charge < -0.3 is 10.8 Å². The molecule has 0 bridgehead atoms. The summed E-state index contributed by atoms with van der Waals surface area (Å²) in [4.78, 5) is 9.24. The maximum atomic E-state index is 9.24. The summed E-state index contributed by atoms with van der Waals surface area (Å²) in [5.74, 6) is -0.968. The molecule has 76 valence electrons. The van der Waals surface area contributed by atoms with Gasteiger partial charge in [-0.1, -0.05) is 24.3 Å². The van der Waals surface area contributed by atoms with Gasteiger partial charge in [-0.15, -0.1) is 13.2 Å². The first-order valence-corrected chi connectivity index (χ1v) is 3.75. The average molecular weight is 185 g/mol. The maximum absolute atomic E-state index is 9.24. The Kier molecular flexibility index (Phi) is 23.0. The number of aliphatic carboxylic acids is 1. The second-order valence-electron chi connectivity index (χ2n) is 1.83. The molecular weight excluding hydrogens is 166 g/mol. The Hall–Kier alpha value is -1.35. The quantitative estimate of drug-likeness (QED) is 0.510. The van der Waals surface area contributed by atoms with Gasteiger partial charge >= 0.3 is 5.97 Å². The molecule has 0 amide bonds. The number of nitrogens with two attached hydrogens (primary N) is 1. The molecule has 0 aliphatic heterocycles. The van der Waals surface area contributed by atoms with Crippen LogP contribution in [0, 0.1) is 0 Å². The first-order chi connectivity index (χ1) is 6.08. The first-order valence-electron chi connectivity index (χ1n) is 3.75. The van der Waals surface area contributed by atoms with Crippen LogP contribution < -0.4 is 5.73 Å². The van der Waals surface area contributed by atoms with Gasteiger partial charge in [0.1, 0.15) is 0 Å². The highest BCUT2D eigenvalue weighted by molar-refractivity contribution is 5.68. The van der Waals surface area contributed by atoms with Gasteiger partial charge in [-0.2, -0.15) is 0 Å². The lowest BCUT2D eigenvalue weighted by Gasteiger charge is -1.78. The zero-order valence-corrected chi connectivity index (χ0v) is 8.42. The van der Waals surface area contributed by atoms with Crippen molar-refractivity contribution in [3.63, 3.8) is 0 Å². The van der Waals surface area contributed by atoms with E-state index in [2.05, 4.69) is 25.5 Å². The molecule has 0 aromatic heterocycles. The van der Waals surface area contributed by atoms with Crippen LogP contribution >= 0.6 is 0 Å². The van der Waals surface area contributed by atoms with Crippen LogP contribution in [0.3, 0.4) is 0 Å². The van der Waals surface area contributed by atoms with Crippen LogP contribution in [0.5, 0.6) is 0 Å². The second kappa shape index (κ2) is 16.9. The molecule has 3 N–H and O–H groups in total. The molecule has 0 saturated carbocycles. The Labute approximate surface area is 80.3 Å². The van der Waals surface area contributed by atoms with E-state index in [0.717, 1.165) is 0 Å². The van der Waals surface area contributed by atoms with Gasteiger partial charge in [0.05, 0.1) is 6.54 Å². The molecule has 3 nitrogen and oxygen atoms in total. The SMILES string of the molecule is C=C.C=C/C(C)=C\C.NCC(=O)O. The molecule has 13 heavy (non-hydrogen) atoms. The van der Waals surface area contributed by atoms with Gasteiger partial charge in [-0.05, 0) is 13.8 Å². The smallest absolute Gasteiger partial charge is 0.317 e. The molecular formula is C10H19NO2. The van der Waals surface area contributed by atoms with Gasteiger partial charge in [0.15, 0.2) is 0 Å². The summed E-state index contributed by atoms with van der Waals surface area (Å²) in [6.07, 6.45) is 3.85. The summed E-state index contributed by atoms with van der Waals surface area (Å²) >= 11 is 0. The highest BCUT2D eigenvalue weighted by Gasteiger charge is 1.81. The Balaban J connectivity index is -0.000000131. The summed E-state index contributed by atoms with van der Waals surface area (Å²) < 4.78 is 0. The molecule has 0 aliphatic carbocycles. The van der Waals surface area contributed by atoms with E-state index in [4.69, 9.17) is 5.11 Å². The largest absolute Gasteiger partial charge is 0.480 e. The van der Waals surface area contributed by atoms with Crippen molar-refractivity contribution in [3.8, 4) is 0 Å². The molecule has 0 rings (SSSR count). The molecule has 0 radical (unpaired) electrons. The fourth-order valence-corrected chi connectivity index (χ4v) is 0.118. The van der Waals surface area contributed by atoms with Crippen LogP contribution in [0.4, 0.5) is 0 Å². The monoisotopic (exact) mass is 185 g/mol. The van der Waals surface area contributed by atoms with E-state index in [9.17, 15) is 4.79 Å². The summed E-state index contributed by atoms with van der Waals surface area (Å²) in [5, 5.41) is 7.60. The zero-order chi connectivity index (χ0) is 11.3.